The maximum absolute atomic E-state index is 10.3. The van der Waals surface area contributed by atoms with Crippen LogP contribution in [-0.4, -0.2) is 28.0 Å². The highest BCUT2D eigenvalue weighted by atomic mass is 32.1. The van der Waals surface area contributed by atoms with Gasteiger partial charge in [-0.05, 0) is 49.4 Å². The number of phenolic OH excluding ortho intramolecular Hbond substituents is 2. The largest absolute Gasteiger partial charge is 0.507 e. The van der Waals surface area contributed by atoms with Crippen LogP contribution in [0.5, 0.6) is 17.2 Å². The first-order valence-electron chi connectivity index (χ1n) is 8.83. The second-order valence-electron chi connectivity index (χ2n) is 6.07. The molecule has 4 aromatic rings. The van der Waals surface area contributed by atoms with Gasteiger partial charge < -0.3 is 14.9 Å². The normalized spacial score (nSPS) is 11.3. The summed E-state index contributed by atoms with van der Waals surface area (Å²) < 4.78 is 6.46. The average molecular weight is 390 g/mol. The summed E-state index contributed by atoms with van der Waals surface area (Å²) in [6.45, 7) is 2.33. The van der Waals surface area contributed by atoms with Crippen molar-refractivity contribution in [3.8, 4) is 27.8 Å². The molecule has 1 aromatic heterocycles. The molecule has 0 bridgehead atoms. The Morgan fingerprint density at radius 3 is 2.75 bits per heavy atom. The standard InChI is InChI=1S/C22H18N2O3S/c1-2-27-19-8-5-6-14(21(19)26)13-23-15-10-11-18(25)16(12-15)22-24-17-7-3-4-9-20(17)28-22/h3-13,25-26H,2H2,1H3. The van der Waals surface area contributed by atoms with E-state index in [1.165, 1.54) is 11.3 Å². The summed E-state index contributed by atoms with van der Waals surface area (Å²) in [4.78, 5) is 9.04. The third-order valence-electron chi connectivity index (χ3n) is 4.19. The van der Waals surface area contributed by atoms with E-state index in [1.807, 2.05) is 31.2 Å². The van der Waals surface area contributed by atoms with Gasteiger partial charge >= 0.3 is 0 Å². The van der Waals surface area contributed by atoms with E-state index in [0.717, 1.165) is 15.2 Å². The molecular weight excluding hydrogens is 372 g/mol. The predicted octanol–water partition coefficient (Wildman–Crippen LogP) is 5.52. The van der Waals surface area contributed by atoms with Crippen molar-refractivity contribution >= 4 is 33.5 Å². The molecule has 0 amide bonds. The average Bonchev–Trinajstić information content (AvgIpc) is 3.14. The van der Waals surface area contributed by atoms with Gasteiger partial charge in [0, 0.05) is 11.8 Å². The lowest BCUT2D eigenvalue weighted by atomic mass is 10.1. The number of aliphatic imine (C=N–C) groups is 1. The fraction of sp³-hybridized carbons (Fsp3) is 0.0909. The molecule has 0 saturated heterocycles. The van der Waals surface area contributed by atoms with Gasteiger partial charge in [0.15, 0.2) is 11.5 Å². The van der Waals surface area contributed by atoms with Crippen molar-refractivity contribution < 1.29 is 14.9 Å². The van der Waals surface area contributed by atoms with Crippen molar-refractivity contribution in [1.29, 1.82) is 0 Å². The van der Waals surface area contributed by atoms with Crippen LogP contribution in [0, 0.1) is 0 Å². The smallest absolute Gasteiger partial charge is 0.166 e. The van der Waals surface area contributed by atoms with E-state index >= 15 is 0 Å². The van der Waals surface area contributed by atoms with E-state index in [0.29, 0.717) is 29.2 Å². The molecule has 0 aliphatic heterocycles. The van der Waals surface area contributed by atoms with Crippen LogP contribution < -0.4 is 4.74 Å². The molecule has 0 spiro atoms. The molecule has 0 saturated carbocycles. The van der Waals surface area contributed by atoms with Crippen LogP contribution in [0.3, 0.4) is 0 Å². The molecule has 140 valence electrons. The minimum atomic E-state index is 0.0540. The van der Waals surface area contributed by atoms with Gasteiger partial charge in [0.05, 0.1) is 28.1 Å². The van der Waals surface area contributed by atoms with Gasteiger partial charge in [-0.3, -0.25) is 4.99 Å². The highest BCUT2D eigenvalue weighted by Crippen LogP contribution is 2.37. The molecular formula is C22H18N2O3S. The lowest BCUT2D eigenvalue weighted by molar-refractivity contribution is 0.318. The number of fused-ring (bicyclic) bond motifs is 1. The lowest BCUT2D eigenvalue weighted by Gasteiger charge is -2.07. The topological polar surface area (TPSA) is 74.9 Å². The number of nitrogens with zero attached hydrogens (tertiary/aromatic N) is 2. The SMILES string of the molecule is CCOc1cccc(C=Nc2ccc(O)c(-c3nc4ccccc4s3)c2)c1O. The van der Waals surface area contributed by atoms with Crippen LogP contribution >= 0.6 is 11.3 Å². The number of benzene rings is 3. The molecule has 1 heterocycles. The monoisotopic (exact) mass is 390 g/mol. The highest BCUT2D eigenvalue weighted by Gasteiger charge is 2.11. The Hall–Kier alpha value is -3.38. The zero-order valence-corrected chi connectivity index (χ0v) is 16.0. The van der Waals surface area contributed by atoms with Crippen molar-refractivity contribution in [3.63, 3.8) is 0 Å². The molecule has 5 nitrogen and oxygen atoms in total. The van der Waals surface area contributed by atoms with Gasteiger partial charge in [0.2, 0.25) is 0 Å². The Balaban J connectivity index is 1.68. The van der Waals surface area contributed by atoms with E-state index in [-0.39, 0.29) is 11.5 Å². The van der Waals surface area contributed by atoms with Gasteiger partial charge in [0.1, 0.15) is 10.8 Å². The quantitative estimate of drug-likeness (QED) is 0.440. The van der Waals surface area contributed by atoms with Crippen LogP contribution in [-0.2, 0) is 0 Å². The second-order valence-corrected chi connectivity index (χ2v) is 7.10. The molecule has 0 aliphatic rings. The number of phenols is 2. The zero-order valence-electron chi connectivity index (χ0n) is 15.2. The van der Waals surface area contributed by atoms with Crippen molar-refractivity contribution in [2.24, 2.45) is 4.99 Å². The van der Waals surface area contributed by atoms with Crippen LogP contribution in [0.25, 0.3) is 20.8 Å². The Morgan fingerprint density at radius 1 is 1.07 bits per heavy atom. The fourth-order valence-corrected chi connectivity index (χ4v) is 3.81. The number of thiazole rings is 1. The summed E-state index contributed by atoms with van der Waals surface area (Å²) in [5.74, 6) is 0.629. The first-order chi connectivity index (χ1) is 13.7. The molecule has 0 unspecified atom stereocenters. The highest BCUT2D eigenvalue weighted by molar-refractivity contribution is 7.21. The van der Waals surface area contributed by atoms with Crippen molar-refractivity contribution in [3.05, 3.63) is 66.2 Å². The minimum absolute atomic E-state index is 0.0540. The van der Waals surface area contributed by atoms with Gasteiger partial charge in [-0.1, -0.05) is 18.2 Å². The van der Waals surface area contributed by atoms with E-state index in [9.17, 15) is 10.2 Å². The molecule has 0 fully saturated rings. The van der Waals surface area contributed by atoms with Gasteiger partial charge in [-0.25, -0.2) is 4.98 Å². The van der Waals surface area contributed by atoms with Crippen LogP contribution in [0.4, 0.5) is 5.69 Å². The summed E-state index contributed by atoms with van der Waals surface area (Å²) in [6, 6.07) is 18.2. The molecule has 28 heavy (non-hydrogen) atoms. The van der Waals surface area contributed by atoms with Gasteiger partial charge in [-0.2, -0.15) is 0 Å². The van der Waals surface area contributed by atoms with E-state index in [4.69, 9.17) is 4.74 Å². The summed E-state index contributed by atoms with van der Waals surface area (Å²) in [7, 11) is 0. The molecule has 0 atom stereocenters. The number of para-hydroxylation sites is 2. The third kappa shape index (κ3) is 3.54. The summed E-state index contributed by atoms with van der Waals surface area (Å²) in [5, 5.41) is 21.3. The number of aromatic hydroxyl groups is 2. The maximum atomic E-state index is 10.3. The lowest BCUT2D eigenvalue weighted by Crippen LogP contribution is -1.93. The van der Waals surface area contributed by atoms with Crippen LogP contribution in [0.15, 0.2) is 65.7 Å². The molecule has 0 radical (unpaired) electrons. The number of rotatable bonds is 5. The number of hydrogen-bond donors (Lipinski definition) is 2. The van der Waals surface area contributed by atoms with E-state index < -0.39 is 0 Å². The first-order valence-corrected chi connectivity index (χ1v) is 9.65. The molecule has 4 rings (SSSR count). The zero-order chi connectivity index (χ0) is 19.5. The Morgan fingerprint density at radius 2 is 1.93 bits per heavy atom. The van der Waals surface area contributed by atoms with Crippen molar-refractivity contribution in [2.45, 2.75) is 6.92 Å². The van der Waals surface area contributed by atoms with Gasteiger partial charge in [-0.15, -0.1) is 11.3 Å². The first kappa shape index (κ1) is 18.0. The van der Waals surface area contributed by atoms with Crippen LogP contribution in [0.2, 0.25) is 0 Å². The van der Waals surface area contributed by atoms with Crippen molar-refractivity contribution in [1.82, 2.24) is 4.98 Å². The predicted molar refractivity (Wildman–Crippen MR) is 113 cm³/mol. The molecule has 3 aromatic carbocycles. The van der Waals surface area contributed by atoms with E-state index in [1.54, 1.807) is 42.6 Å². The molecule has 2 N–H and O–H groups in total. The number of aromatic nitrogens is 1. The van der Waals surface area contributed by atoms with Crippen LogP contribution in [0.1, 0.15) is 12.5 Å². The minimum Gasteiger partial charge on any atom is -0.507 e. The molecule has 6 heteroatoms. The summed E-state index contributed by atoms with van der Waals surface area (Å²) in [5.41, 5.74) is 2.73. The summed E-state index contributed by atoms with van der Waals surface area (Å²) in [6.07, 6.45) is 1.58. The van der Waals surface area contributed by atoms with E-state index in [2.05, 4.69) is 9.98 Å². The number of hydrogen-bond acceptors (Lipinski definition) is 6. The van der Waals surface area contributed by atoms with Crippen molar-refractivity contribution in [2.75, 3.05) is 6.61 Å². The van der Waals surface area contributed by atoms with Gasteiger partial charge in [0.25, 0.3) is 0 Å². The maximum Gasteiger partial charge on any atom is 0.166 e. The third-order valence-corrected chi connectivity index (χ3v) is 5.26. The Labute approximate surface area is 166 Å². The Kier molecular flexibility index (Phi) is 4.95. The fourth-order valence-electron chi connectivity index (χ4n) is 2.82. The molecule has 0 aliphatic carbocycles. The number of ether oxygens (including phenoxy) is 1. The second kappa shape index (κ2) is 7.70. The summed E-state index contributed by atoms with van der Waals surface area (Å²) >= 11 is 1.52. The Bertz CT molecular complexity index is 1130.